The maximum absolute atomic E-state index is 14.0. The van der Waals surface area contributed by atoms with Crippen molar-refractivity contribution >= 4 is 40.3 Å². The number of amides is 2. The van der Waals surface area contributed by atoms with Gasteiger partial charge < -0.3 is 9.64 Å². The molecule has 2 fully saturated rings. The zero-order valence-corrected chi connectivity index (χ0v) is 29.4. The van der Waals surface area contributed by atoms with Gasteiger partial charge in [0.15, 0.2) is 5.82 Å². The summed E-state index contributed by atoms with van der Waals surface area (Å²) in [6.07, 6.45) is 9.72. The quantitative estimate of drug-likeness (QED) is 0.254. The number of nitrogens with zero attached hydrogens (tertiary/aromatic N) is 10. The summed E-state index contributed by atoms with van der Waals surface area (Å²) in [6.45, 7) is 10.7. The van der Waals surface area contributed by atoms with Crippen LogP contribution in [0.3, 0.4) is 0 Å². The van der Waals surface area contributed by atoms with Crippen molar-refractivity contribution in [1.29, 1.82) is 0 Å². The molecule has 50 heavy (non-hydrogen) atoms. The van der Waals surface area contributed by atoms with Gasteiger partial charge in [0.2, 0.25) is 17.7 Å². The molecule has 1 atom stereocenters. The number of aliphatic imine (C=N–C) groups is 1. The first-order valence-corrected chi connectivity index (χ1v) is 18.2. The van der Waals surface area contributed by atoms with Gasteiger partial charge in [0.25, 0.3) is 0 Å². The van der Waals surface area contributed by atoms with E-state index in [2.05, 4.69) is 31.0 Å². The fourth-order valence-corrected chi connectivity index (χ4v) is 8.16. The number of aryl methyl sites for hydroxylation is 1. The highest BCUT2D eigenvalue weighted by molar-refractivity contribution is 7.16. The molecule has 0 saturated carbocycles. The van der Waals surface area contributed by atoms with Crippen molar-refractivity contribution < 1.29 is 14.3 Å². The Morgan fingerprint density at radius 1 is 1.06 bits per heavy atom. The number of fused-ring (bicyclic) bond motifs is 1. The summed E-state index contributed by atoms with van der Waals surface area (Å²) >= 11 is 1.59. The fraction of sp³-hybridized carbons (Fsp3) is 0.444. The zero-order valence-electron chi connectivity index (χ0n) is 28.6. The first-order chi connectivity index (χ1) is 24.3. The van der Waals surface area contributed by atoms with E-state index < -0.39 is 5.41 Å². The number of carbonyl (C=O) groups excluding carboxylic acids is 2. The predicted octanol–water partition coefficient (Wildman–Crippen LogP) is 4.09. The van der Waals surface area contributed by atoms with E-state index in [0.717, 1.165) is 70.3 Å². The topological polar surface area (TPSA) is 135 Å². The molecule has 4 aliphatic rings. The molecule has 0 aliphatic carbocycles. The summed E-state index contributed by atoms with van der Waals surface area (Å²) in [6, 6.07) is 7.77. The summed E-state index contributed by atoms with van der Waals surface area (Å²) in [5.74, 6) is 2.10. The summed E-state index contributed by atoms with van der Waals surface area (Å²) in [4.78, 5) is 57.4. The molecule has 13 nitrogen and oxygen atoms in total. The second-order valence-corrected chi connectivity index (χ2v) is 14.6. The number of rotatable bonds is 9. The van der Waals surface area contributed by atoms with E-state index in [0.29, 0.717) is 56.8 Å². The van der Waals surface area contributed by atoms with Gasteiger partial charge in [-0.05, 0) is 64.3 Å². The van der Waals surface area contributed by atoms with Crippen molar-refractivity contribution in [3.63, 3.8) is 0 Å². The Labute approximate surface area is 294 Å². The van der Waals surface area contributed by atoms with Crippen molar-refractivity contribution in [3.8, 4) is 16.6 Å². The number of likely N-dealkylation sites (tertiary alicyclic amines) is 1. The van der Waals surface area contributed by atoms with E-state index in [9.17, 15) is 9.59 Å². The molecule has 0 N–H and O–H groups in total. The van der Waals surface area contributed by atoms with Crippen LogP contribution in [0.2, 0.25) is 0 Å². The molecule has 0 bridgehead atoms. The standard InChI is InChI=1S/C36H40N10O3S/c1-4-45-22-40-33(42-45)27-19-39-34(50-27)24-9-13-44(14-10-24)30(47)20-43-15-11-36(21-43)12-16-46(35(36)48)28-7-5-26-18-38-31(32(26)41-28)25-6-8-29(37-17-25)49-23(2)3/h5-9,17,19,22-23H,4,10-16,18,20-21H2,1-3H3/t36-/m0/s1. The molecule has 0 radical (unpaired) electrons. The van der Waals surface area contributed by atoms with Gasteiger partial charge in [-0.3, -0.25) is 29.1 Å². The number of pyridine rings is 2. The van der Waals surface area contributed by atoms with Crippen LogP contribution in [0.5, 0.6) is 5.88 Å². The highest BCUT2D eigenvalue weighted by atomic mass is 32.1. The van der Waals surface area contributed by atoms with E-state index in [4.69, 9.17) is 14.7 Å². The Bertz CT molecular complexity index is 2000. The first-order valence-electron chi connectivity index (χ1n) is 17.3. The lowest BCUT2D eigenvalue weighted by molar-refractivity contribution is -0.132. The molecule has 4 aromatic rings. The molecule has 4 aliphatic heterocycles. The highest BCUT2D eigenvalue weighted by Crippen LogP contribution is 2.42. The Balaban J connectivity index is 0.878. The van der Waals surface area contributed by atoms with Crippen LogP contribution in [0.15, 0.2) is 54.1 Å². The lowest BCUT2D eigenvalue weighted by Gasteiger charge is -2.28. The smallest absolute Gasteiger partial charge is 0.237 e. The molecule has 1 spiro atoms. The van der Waals surface area contributed by atoms with Crippen LogP contribution in [-0.4, -0.2) is 102 Å². The number of ether oxygens (including phenoxy) is 1. The van der Waals surface area contributed by atoms with Crippen LogP contribution in [0, 0.1) is 5.41 Å². The van der Waals surface area contributed by atoms with Crippen LogP contribution < -0.4 is 9.64 Å². The first kappa shape index (κ1) is 32.4. The van der Waals surface area contributed by atoms with Gasteiger partial charge in [-0.15, -0.1) is 11.3 Å². The molecule has 4 aromatic heterocycles. The van der Waals surface area contributed by atoms with Crippen molar-refractivity contribution in [3.05, 3.63) is 70.9 Å². The predicted molar refractivity (Wildman–Crippen MR) is 190 cm³/mol. The third-order valence-electron chi connectivity index (χ3n) is 9.97. The molecule has 0 unspecified atom stereocenters. The van der Waals surface area contributed by atoms with Crippen molar-refractivity contribution in [2.45, 2.75) is 59.2 Å². The van der Waals surface area contributed by atoms with Crippen molar-refractivity contribution in [2.75, 3.05) is 44.2 Å². The third kappa shape index (κ3) is 6.10. The van der Waals surface area contributed by atoms with Gasteiger partial charge in [-0.25, -0.2) is 19.9 Å². The average molecular weight is 693 g/mol. The lowest BCUT2D eigenvalue weighted by atomic mass is 9.85. The second-order valence-electron chi connectivity index (χ2n) is 13.6. The van der Waals surface area contributed by atoms with Gasteiger partial charge in [0, 0.05) is 62.3 Å². The number of carbonyl (C=O) groups is 2. The van der Waals surface area contributed by atoms with Gasteiger partial charge >= 0.3 is 0 Å². The minimum absolute atomic E-state index is 0.0442. The van der Waals surface area contributed by atoms with E-state index in [1.165, 1.54) is 0 Å². The molecule has 8 heterocycles. The molecule has 258 valence electrons. The van der Waals surface area contributed by atoms with Crippen molar-refractivity contribution in [2.24, 2.45) is 10.4 Å². The summed E-state index contributed by atoms with van der Waals surface area (Å²) in [7, 11) is 0. The minimum atomic E-state index is -0.493. The van der Waals surface area contributed by atoms with Crippen LogP contribution in [0.25, 0.3) is 16.3 Å². The zero-order chi connectivity index (χ0) is 34.4. The second kappa shape index (κ2) is 13.1. The largest absolute Gasteiger partial charge is 0.475 e. The van der Waals surface area contributed by atoms with Crippen LogP contribution >= 0.6 is 11.3 Å². The van der Waals surface area contributed by atoms with E-state index in [-0.39, 0.29) is 17.9 Å². The summed E-state index contributed by atoms with van der Waals surface area (Å²) in [5.41, 5.74) is 4.14. The van der Waals surface area contributed by atoms with Gasteiger partial charge in [0.1, 0.15) is 17.2 Å². The third-order valence-corrected chi connectivity index (χ3v) is 11.0. The van der Waals surface area contributed by atoms with Gasteiger partial charge in [-0.1, -0.05) is 12.1 Å². The molecule has 0 aromatic carbocycles. The molecule has 14 heteroatoms. The van der Waals surface area contributed by atoms with E-state index >= 15 is 0 Å². The maximum atomic E-state index is 14.0. The molecular weight excluding hydrogens is 653 g/mol. The van der Waals surface area contributed by atoms with Crippen molar-refractivity contribution in [1.82, 2.24) is 39.5 Å². The number of thiazole rings is 1. The normalized spacial score (nSPS) is 20.6. The molecular formula is C36H40N10O3S. The monoisotopic (exact) mass is 692 g/mol. The number of hydrogen-bond donors (Lipinski definition) is 0. The maximum Gasteiger partial charge on any atom is 0.237 e. The Morgan fingerprint density at radius 2 is 1.94 bits per heavy atom. The SMILES string of the molecule is CCn1cnc(-c2cnc(C3=CCN(C(=O)CN4CC[C@]5(CCN(c6ccc7c(n6)C(c6ccc(OC(C)C)nc6)=NC7)C5=O)C4)CC3)s2)n1. The summed E-state index contributed by atoms with van der Waals surface area (Å²) < 4.78 is 7.50. The van der Waals surface area contributed by atoms with Crippen LogP contribution in [0.4, 0.5) is 5.82 Å². The Kier molecular flexibility index (Phi) is 8.51. The number of anilines is 1. The number of hydrogen-bond acceptors (Lipinski definition) is 11. The average Bonchev–Trinajstić information content (AvgIpc) is 3.97. The lowest BCUT2D eigenvalue weighted by Crippen LogP contribution is -2.43. The van der Waals surface area contributed by atoms with Crippen LogP contribution in [-0.2, 0) is 22.7 Å². The van der Waals surface area contributed by atoms with E-state index in [1.54, 1.807) is 28.5 Å². The van der Waals surface area contributed by atoms with Gasteiger partial charge in [-0.2, -0.15) is 5.10 Å². The number of aromatic nitrogens is 6. The minimum Gasteiger partial charge on any atom is -0.475 e. The fourth-order valence-electron chi connectivity index (χ4n) is 7.24. The molecule has 8 rings (SSSR count). The van der Waals surface area contributed by atoms with Gasteiger partial charge in [0.05, 0.1) is 40.9 Å². The van der Waals surface area contributed by atoms with Crippen LogP contribution in [0.1, 0.15) is 61.9 Å². The Hall–Kier alpha value is -4.82. The van der Waals surface area contributed by atoms with E-state index in [1.807, 2.05) is 61.0 Å². The molecule has 2 saturated heterocycles. The Morgan fingerprint density at radius 3 is 2.70 bits per heavy atom. The highest BCUT2D eigenvalue weighted by Gasteiger charge is 2.51. The molecule has 2 amide bonds. The summed E-state index contributed by atoms with van der Waals surface area (Å²) in [5, 5.41) is 5.44.